The Kier molecular flexibility index (Phi) is 2.84. The van der Waals surface area contributed by atoms with Crippen LogP contribution in [0.5, 0.6) is 0 Å². The number of rotatable bonds is 2. The molecule has 0 fully saturated rings. The summed E-state index contributed by atoms with van der Waals surface area (Å²) in [5, 5.41) is 0. The molecule has 86 valence electrons. The molecule has 0 aliphatic heterocycles. The molecule has 0 unspecified atom stereocenters. The van der Waals surface area contributed by atoms with Gasteiger partial charge in [0.05, 0.1) is 22.9 Å². The van der Waals surface area contributed by atoms with Gasteiger partial charge in [0.2, 0.25) is 0 Å². The van der Waals surface area contributed by atoms with Gasteiger partial charge in [0.25, 0.3) is 0 Å². The number of hydrogen-bond donors (Lipinski definition) is 0. The second kappa shape index (κ2) is 4.80. The van der Waals surface area contributed by atoms with Gasteiger partial charge in [0.1, 0.15) is 0 Å². The highest BCUT2D eigenvalue weighted by Gasteiger charge is 1.95. The van der Waals surface area contributed by atoms with Crippen molar-refractivity contribution in [3.05, 3.63) is 72.1 Å². The van der Waals surface area contributed by atoms with Gasteiger partial charge in [-0.15, -0.1) is 0 Å². The predicted octanol–water partition coefficient (Wildman–Crippen LogP) is 3.80. The van der Waals surface area contributed by atoms with E-state index in [-0.39, 0.29) is 0 Å². The Morgan fingerprint density at radius 1 is 0.722 bits per heavy atom. The molecule has 0 N–H and O–H groups in total. The average Bonchev–Trinajstić information content (AvgIpc) is 2.46. The fraction of sp³-hybridized carbons (Fsp3) is 0. The lowest BCUT2D eigenvalue weighted by atomic mass is 10.2. The van der Waals surface area contributed by atoms with Crippen LogP contribution in [0.15, 0.2) is 60.8 Å². The van der Waals surface area contributed by atoms with E-state index in [4.69, 9.17) is 0 Å². The van der Waals surface area contributed by atoms with E-state index in [0.717, 1.165) is 22.3 Å². The molecule has 3 aromatic rings. The Hall–Kier alpha value is -2.48. The van der Waals surface area contributed by atoms with Crippen LogP contribution in [0.3, 0.4) is 0 Å². The van der Waals surface area contributed by atoms with E-state index in [1.54, 1.807) is 6.20 Å². The lowest BCUT2D eigenvalue weighted by molar-refractivity contribution is 1.27. The second-order valence-electron chi connectivity index (χ2n) is 4.03. The first kappa shape index (κ1) is 10.7. The second-order valence-corrected chi connectivity index (χ2v) is 4.03. The summed E-state index contributed by atoms with van der Waals surface area (Å²) in [6.45, 7) is 0. The third-order valence-electron chi connectivity index (χ3n) is 2.71. The number of nitrogens with zero attached hydrogens (tertiary/aromatic N) is 2. The smallest absolute Gasteiger partial charge is 0.0894 e. The van der Waals surface area contributed by atoms with Gasteiger partial charge in [0, 0.05) is 0 Å². The lowest BCUT2D eigenvalue weighted by Crippen LogP contribution is -1.86. The Labute approximate surface area is 106 Å². The number of para-hydroxylation sites is 2. The number of benzene rings is 2. The molecule has 3 rings (SSSR count). The maximum atomic E-state index is 4.54. The highest BCUT2D eigenvalue weighted by atomic mass is 14.8. The Morgan fingerprint density at radius 3 is 2.28 bits per heavy atom. The standard InChI is InChI=1S/C16H12N2/c1-2-6-13(7-3-1)10-11-14-12-17-15-8-4-5-9-16(15)18-14/h1-12H. The highest BCUT2D eigenvalue weighted by molar-refractivity contribution is 5.76. The molecule has 2 heteroatoms. The van der Waals surface area contributed by atoms with Crippen molar-refractivity contribution in [1.82, 2.24) is 9.97 Å². The molecular weight excluding hydrogens is 220 g/mol. The molecule has 0 saturated carbocycles. The van der Waals surface area contributed by atoms with E-state index in [1.807, 2.05) is 54.6 Å². The van der Waals surface area contributed by atoms with Crippen LogP contribution in [-0.4, -0.2) is 9.97 Å². The molecule has 0 amide bonds. The quantitative estimate of drug-likeness (QED) is 0.671. The number of fused-ring (bicyclic) bond motifs is 1. The van der Waals surface area contributed by atoms with Crippen molar-refractivity contribution in [2.45, 2.75) is 0 Å². The first-order valence-electron chi connectivity index (χ1n) is 5.87. The molecule has 2 aromatic carbocycles. The van der Waals surface area contributed by atoms with Crippen LogP contribution in [0.4, 0.5) is 0 Å². The van der Waals surface area contributed by atoms with Gasteiger partial charge in [-0.2, -0.15) is 0 Å². The molecule has 2 nitrogen and oxygen atoms in total. The fourth-order valence-corrected chi connectivity index (χ4v) is 1.80. The van der Waals surface area contributed by atoms with Gasteiger partial charge in [-0.3, -0.25) is 4.98 Å². The lowest BCUT2D eigenvalue weighted by Gasteiger charge is -1.97. The Morgan fingerprint density at radius 2 is 1.44 bits per heavy atom. The molecule has 18 heavy (non-hydrogen) atoms. The SMILES string of the molecule is C(=Cc1cnc2ccccc2n1)c1ccccc1. The van der Waals surface area contributed by atoms with E-state index < -0.39 is 0 Å². The van der Waals surface area contributed by atoms with E-state index in [2.05, 4.69) is 22.1 Å². The monoisotopic (exact) mass is 232 g/mol. The Balaban J connectivity index is 1.93. The summed E-state index contributed by atoms with van der Waals surface area (Å²) < 4.78 is 0. The van der Waals surface area contributed by atoms with E-state index in [0.29, 0.717) is 0 Å². The van der Waals surface area contributed by atoms with Gasteiger partial charge >= 0.3 is 0 Å². The summed E-state index contributed by atoms with van der Waals surface area (Å²) in [6.07, 6.45) is 5.81. The van der Waals surface area contributed by atoms with E-state index >= 15 is 0 Å². The summed E-state index contributed by atoms with van der Waals surface area (Å²) in [7, 11) is 0. The van der Waals surface area contributed by atoms with Crippen molar-refractivity contribution in [3.8, 4) is 0 Å². The number of aromatic nitrogens is 2. The summed E-state index contributed by atoms with van der Waals surface area (Å²) in [4.78, 5) is 8.92. The van der Waals surface area contributed by atoms with Crippen LogP contribution in [-0.2, 0) is 0 Å². The van der Waals surface area contributed by atoms with Crippen molar-refractivity contribution in [2.24, 2.45) is 0 Å². The summed E-state index contributed by atoms with van der Waals surface area (Å²) in [5.41, 5.74) is 3.88. The Bertz CT molecular complexity index is 688. The van der Waals surface area contributed by atoms with Crippen LogP contribution in [0.2, 0.25) is 0 Å². The third-order valence-corrected chi connectivity index (χ3v) is 2.71. The molecule has 0 spiro atoms. The minimum Gasteiger partial charge on any atom is -0.252 e. The zero-order valence-corrected chi connectivity index (χ0v) is 9.82. The van der Waals surface area contributed by atoms with Crippen molar-refractivity contribution < 1.29 is 0 Å². The van der Waals surface area contributed by atoms with E-state index in [1.165, 1.54) is 0 Å². The molecule has 0 radical (unpaired) electrons. The molecule has 1 heterocycles. The summed E-state index contributed by atoms with van der Waals surface area (Å²) >= 11 is 0. The zero-order valence-electron chi connectivity index (χ0n) is 9.82. The molecule has 0 atom stereocenters. The van der Waals surface area contributed by atoms with E-state index in [9.17, 15) is 0 Å². The minimum absolute atomic E-state index is 0.873. The fourth-order valence-electron chi connectivity index (χ4n) is 1.80. The molecule has 0 aliphatic carbocycles. The van der Waals surface area contributed by atoms with Crippen LogP contribution < -0.4 is 0 Å². The van der Waals surface area contributed by atoms with Crippen LogP contribution in [0.1, 0.15) is 11.3 Å². The minimum atomic E-state index is 0.873. The zero-order chi connectivity index (χ0) is 12.2. The van der Waals surface area contributed by atoms with Crippen molar-refractivity contribution in [1.29, 1.82) is 0 Å². The molecule has 0 aliphatic rings. The highest BCUT2D eigenvalue weighted by Crippen LogP contribution is 2.10. The molecule has 1 aromatic heterocycles. The normalized spacial score (nSPS) is 11.1. The first-order chi connectivity index (χ1) is 8.92. The maximum absolute atomic E-state index is 4.54. The summed E-state index contributed by atoms with van der Waals surface area (Å²) in [6, 6.07) is 18.0. The molecule has 0 bridgehead atoms. The summed E-state index contributed by atoms with van der Waals surface area (Å²) in [5.74, 6) is 0. The van der Waals surface area contributed by atoms with Crippen LogP contribution in [0.25, 0.3) is 23.2 Å². The van der Waals surface area contributed by atoms with Crippen molar-refractivity contribution in [2.75, 3.05) is 0 Å². The van der Waals surface area contributed by atoms with Gasteiger partial charge in [0.15, 0.2) is 0 Å². The largest absolute Gasteiger partial charge is 0.252 e. The maximum Gasteiger partial charge on any atom is 0.0894 e. The van der Waals surface area contributed by atoms with Gasteiger partial charge in [-0.25, -0.2) is 4.98 Å². The van der Waals surface area contributed by atoms with Crippen LogP contribution in [0, 0.1) is 0 Å². The van der Waals surface area contributed by atoms with Crippen LogP contribution >= 0.6 is 0 Å². The van der Waals surface area contributed by atoms with Crippen molar-refractivity contribution in [3.63, 3.8) is 0 Å². The molecule has 0 saturated heterocycles. The van der Waals surface area contributed by atoms with Gasteiger partial charge in [-0.05, 0) is 23.8 Å². The topological polar surface area (TPSA) is 25.8 Å². The van der Waals surface area contributed by atoms with Gasteiger partial charge in [-0.1, -0.05) is 48.5 Å². The predicted molar refractivity (Wildman–Crippen MR) is 74.9 cm³/mol. The van der Waals surface area contributed by atoms with Gasteiger partial charge < -0.3 is 0 Å². The number of hydrogen-bond acceptors (Lipinski definition) is 2. The van der Waals surface area contributed by atoms with Crippen molar-refractivity contribution >= 4 is 23.2 Å². The first-order valence-corrected chi connectivity index (χ1v) is 5.87. The average molecular weight is 232 g/mol. The molecular formula is C16H12N2. The third kappa shape index (κ3) is 2.28.